The van der Waals surface area contributed by atoms with Crippen LogP contribution in [0.1, 0.15) is 24.3 Å². The van der Waals surface area contributed by atoms with Crippen LogP contribution in [0.4, 0.5) is 5.82 Å². The molecule has 0 radical (unpaired) electrons. The van der Waals surface area contributed by atoms with E-state index in [0.717, 1.165) is 5.56 Å². The summed E-state index contributed by atoms with van der Waals surface area (Å²) >= 11 is 0. The molecule has 2 amide bonds. The Bertz CT molecular complexity index is 400. The molecule has 5 heteroatoms. The first kappa shape index (κ1) is 9.64. The average Bonchev–Trinajstić information content (AvgIpc) is 2.20. The van der Waals surface area contributed by atoms with Gasteiger partial charge < -0.3 is 5.73 Å². The minimum Gasteiger partial charge on any atom is -0.384 e. The van der Waals surface area contributed by atoms with Crippen molar-refractivity contribution in [2.45, 2.75) is 18.8 Å². The Morgan fingerprint density at radius 2 is 2.20 bits per heavy atom. The molecule has 1 aliphatic rings. The zero-order valence-corrected chi connectivity index (χ0v) is 8.06. The van der Waals surface area contributed by atoms with Gasteiger partial charge in [0.2, 0.25) is 11.8 Å². The van der Waals surface area contributed by atoms with E-state index in [1.807, 2.05) is 0 Å². The Morgan fingerprint density at radius 1 is 1.40 bits per heavy atom. The average molecular weight is 205 g/mol. The Morgan fingerprint density at radius 3 is 2.80 bits per heavy atom. The molecule has 1 aliphatic heterocycles. The maximum atomic E-state index is 11.5. The molecular weight excluding hydrogens is 194 g/mol. The first-order valence-corrected chi connectivity index (χ1v) is 4.72. The molecule has 1 unspecified atom stereocenters. The van der Waals surface area contributed by atoms with E-state index in [-0.39, 0.29) is 17.7 Å². The molecule has 0 saturated carbocycles. The normalized spacial score (nSPS) is 21.2. The van der Waals surface area contributed by atoms with Crippen LogP contribution in [0.5, 0.6) is 0 Å². The molecule has 5 nitrogen and oxygen atoms in total. The Kier molecular flexibility index (Phi) is 2.37. The number of nitrogens with two attached hydrogens (primary N) is 1. The highest BCUT2D eigenvalue weighted by molar-refractivity contribution is 6.00. The number of pyridine rings is 1. The summed E-state index contributed by atoms with van der Waals surface area (Å²) in [5.41, 5.74) is 6.25. The summed E-state index contributed by atoms with van der Waals surface area (Å²) in [6.07, 6.45) is 2.49. The highest BCUT2D eigenvalue weighted by atomic mass is 16.2. The Hall–Kier alpha value is -1.91. The van der Waals surface area contributed by atoms with Gasteiger partial charge in [0, 0.05) is 12.6 Å². The van der Waals surface area contributed by atoms with Crippen molar-refractivity contribution in [3.05, 3.63) is 23.9 Å². The lowest BCUT2D eigenvalue weighted by Gasteiger charge is -2.20. The van der Waals surface area contributed by atoms with Crippen LogP contribution in [0.25, 0.3) is 0 Å². The fourth-order valence-corrected chi connectivity index (χ4v) is 1.63. The van der Waals surface area contributed by atoms with Gasteiger partial charge in [-0.25, -0.2) is 4.98 Å². The summed E-state index contributed by atoms with van der Waals surface area (Å²) in [6.45, 7) is 0. The van der Waals surface area contributed by atoms with E-state index in [2.05, 4.69) is 10.3 Å². The number of hydrogen-bond donors (Lipinski definition) is 2. The molecule has 1 aromatic heterocycles. The van der Waals surface area contributed by atoms with Gasteiger partial charge >= 0.3 is 0 Å². The van der Waals surface area contributed by atoms with Gasteiger partial charge in [-0.2, -0.15) is 0 Å². The van der Waals surface area contributed by atoms with Crippen molar-refractivity contribution in [2.75, 3.05) is 5.73 Å². The number of hydrogen-bond acceptors (Lipinski definition) is 4. The third-order valence-electron chi connectivity index (χ3n) is 2.45. The van der Waals surface area contributed by atoms with E-state index in [0.29, 0.717) is 18.7 Å². The number of nitrogen functional groups attached to an aromatic ring is 1. The first-order valence-electron chi connectivity index (χ1n) is 4.72. The SMILES string of the molecule is Nc1ccc(C2CCC(=O)NC2=O)cn1. The van der Waals surface area contributed by atoms with Crippen molar-refractivity contribution in [3.63, 3.8) is 0 Å². The largest absolute Gasteiger partial charge is 0.384 e. The molecule has 1 fully saturated rings. The molecule has 2 rings (SSSR count). The van der Waals surface area contributed by atoms with Gasteiger partial charge in [0.25, 0.3) is 0 Å². The lowest BCUT2D eigenvalue weighted by Crippen LogP contribution is -2.39. The minimum absolute atomic E-state index is 0.209. The molecule has 1 saturated heterocycles. The summed E-state index contributed by atoms with van der Waals surface area (Å²) in [5, 5.41) is 2.31. The zero-order chi connectivity index (χ0) is 10.8. The van der Waals surface area contributed by atoms with Crippen LogP contribution in [0.15, 0.2) is 18.3 Å². The predicted octanol–water partition coefficient (Wildman–Crippen LogP) is 0.184. The zero-order valence-electron chi connectivity index (χ0n) is 8.06. The van der Waals surface area contributed by atoms with E-state index in [4.69, 9.17) is 5.73 Å². The van der Waals surface area contributed by atoms with Crippen molar-refractivity contribution >= 4 is 17.6 Å². The second-order valence-corrected chi connectivity index (χ2v) is 3.52. The monoisotopic (exact) mass is 205 g/mol. The van der Waals surface area contributed by atoms with Gasteiger partial charge in [-0.1, -0.05) is 6.07 Å². The third-order valence-corrected chi connectivity index (χ3v) is 2.45. The van der Waals surface area contributed by atoms with Crippen molar-refractivity contribution in [3.8, 4) is 0 Å². The number of piperidine rings is 1. The Labute approximate surface area is 86.7 Å². The number of nitrogens with zero attached hydrogens (tertiary/aromatic N) is 1. The predicted molar refractivity (Wildman–Crippen MR) is 53.8 cm³/mol. The second-order valence-electron chi connectivity index (χ2n) is 3.52. The van der Waals surface area contributed by atoms with Crippen molar-refractivity contribution < 1.29 is 9.59 Å². The molecule has 15 heavy (non-hydrogen) atoms. The molecule has 0 aromatic carbocycles. The van der Waals surface area contributed by atoms with Crippen molar-refractivity contribution in [1.29, 1.82) is 0 Å². The van der Waals surface area contributed by atoms with Crippen LogP contribution in [0.3, 0.4) is 0 Å². The lowest BCUT2D eigenvalue weighted by atomic mass is 9.92. The van der Waals surface area contributed by atoms with Crippen molar-refractivity contribution in [1.82, 2.24) is 10.3 Å². The molecule has 0 spiro atoms. The van der Waals surface area contributed by atoms with Gasteiger partial charge in [0.05, 0.1) is 5.92 Å². The summed E-state index contributed by atoms with van der Waals surface area (Å²) in [4.78, 5) is 26.4. The molecule has 2 heterocycles. The van der Waals surface area contributed by atoms with Crippen LogP contribution in [-0.4, -0.2) is 16.8 Å². The van der Waals surface area contributed by atoms with Crippen LogP contribution >= 0.6 is 0 Å². The molecule has 0 aliphatic carbocycles. The van der Waals surface area contributed by atoms with Gasteiger partial charge in [-0.3, -0.25) is 14.9 Å². The van der Waals surface area contributed by atoms with E-state index < -0.39 is 0 Å². The van der Waals surface area contributed by atoms with E-state index >= 15 is 0 Å². The van der Waals surface area contributed by atoms with E-state index in [1.54, 1.807) is 18.3 Å². The molecule has 1 aromatic rings. The molecule has 0 bridgehead atoms. The topological polar surface area (TPSA) is 85.1 Å². The molecular formula is C10H11N3O2. The number of carbonyl (C=O) groups excluding carboxylic acids is 2. The summed E-state index contributed by atoms with van der Waals surface area (Å²) in [7, 11) is 0. The van der Waals surface area contributed by atoms with Gasteiger partial charge in [0.15, 0.2) is 0 Å². The third kappa shape index (κ3) is 1.96. The summed E-state index contributed by atoms with van der Waals surface area (Å²) in [5.74, 6) is -0.320. The van der Waals surface area contributed by atoms with E-state index in [1.165, 1.54) is 0 Å². The molecule has 3 N–H and O–H groups in total. The number of rotatable bonds is 1. The summed E-state index contributed by atoms with van der Waals surface area (Å²) in [6, 6.07) is 3.42. The number of nitrogens with one attached hydrogen (secondary N) is 1. The Balaban J connectivity index is 2.20. The number of imide groups is 1. The van der Waals surface area contributed by atoms with Crippen LogP contribution in [0, 0.1) is 0 Å². The fourth-order valence-electron chi connectivity index (χ4n) is 1.63. The van der Waals surface area contributed by atoms with Crippen LogP contribution in [-0.2, 0) is 9.59 Å². The lowest BCUT2D eigenvalue weighted by molar-refractivity contribution is -0.134. The minimum atomic E-state index is -0.282. The van der Waals surface area contributed by atoms with Gasteiger partial charge in [0.1, 0.15) is 5.82 Å². The van der Waals surface area contributed by atoms with Crippen molar-refractivity contribution in [2.24, 2.45) is 0 Å². The number of aromatic nitrogens is 1. The number of amides is 2. The second kappa shape index (κ2) is 3.68. The number of carbonyl (C=O) groups is 2. The van der Waals surface area contributed by atoms with E-state index in [9.17, 15) is 9.59 Å². The van der Waals surface area contributed by atoms with Crippen LogP contribution < -0.4 is 11.1 Å². The first-order chi connectivity index (χ1) is 7.16. The smallest absolute Gasteiger partial charge is 0.234 e. The fraction of sp³-hybridized carbons (Fsp3) is 0.300. The maximum absolute atomic E-state index is 11.5. The van der Waals surface area contributed by atoms with Crippen LogP contribution in [0.2, 0.25) is 0 Å². The quantitative estimate of drug-likeness (QED) is 0.640. The van der Waals surface area contributed by atoms with Gasteiger partial charge in [-0.15, -0.1) is 0 Å². The number of anilines is 1. The standard InChI is InChI=1S/C10H11N3O2/c11-8-3-1-6(5-12-8)7-2-4-9(14)13-10(7)15/h1,3,5,7H,2,4H2,(H2,11,12)(H,13,14,15). The van der Waals surface area contributed by atoms with Gasteiger partial charge in [-0.05, 0) is 18.1 Å². The highest BCUT2D eigenvalue weighted by Gasteiger charge is 2.27. The summed E-state index contributed by atoms with van der Waals surface area (Å²) < 4.78 is 0. The molecule has 78 valence electrons. The highest BCUT2D eigenvalue weighted by Crippen LogP contribution is 2.24. The molecule has 1 atom stereocenters. The maximum Gasteiger partial charge on any atom is 0.234 e.